The molecule has 20 heavy (non-hydrogen) atoms. The molecule has 0 radical (unpaired) electrons. The second kappa shape index (κ2) is 6.27. The molecule has 0 atom stereocenters. The van der Waals surface area contributed by atoms with Crippen LogP contribution < -0.4 is 21.1 Å². The van der Waals surface area contributed by atoms with Gasteiger partial charge in [-0.25, -0.2) is 4.98 Å². The van der Waals surface area contributed by atoms with Crippen molar-refractivity contribution in [3.8, 4) is 5.75 Å². The molecule has 108 valence electrons. The van der Waals surface area contributed by atoms with Crippen molar-refractivity contribution in [1.29, 1.82) is 5.41 Å². The SMILES string of the molecule is COc1ccc(N2CCC(C(N)=CC(=N)N)CC2)nc1. The zero-order valence-corrected chi connectivity index (χ0v) is 11.7. The molecule has 5 N–H and O–H groups in total. The Hall–Kier alpha value is -2.24. The lowest BCUT2D eigenvalue weighted by atomic mass is 9.93. The molecule has 1 aliphatic rings. The van der Waals surface area contributed by atoms with Crippen LogP contribution in [0.15, 0.2) is 30.1 Å². The number of piperidine rings is 1. The van der Waals surface area contributed by atoms with E-state index >= 15 is 0 Å². The van der Waals surface area contributed by atoms with Crippen molar-refractivity contribution < 1.29 is 4.74 Å². The van der Waals surface area contributed by atoms with E-state index in [9.17, 15) is 0 Å². The van der Waals surface area contributed by atoms with Gasteiger partial charge in [-0.1, -0.05) is 0 Å². The maximum absolute atomic E-state index is 7.25. The number of nitrogens with zero attached hydrogens (tertiary/aromatic N) is 2. The summed E-state index contributed by atoms with van der Waals surface area (Å²) in [7, 11) is 1.63. The summed E-state index contributed by atoms with van der Waals surface area (Å²) < 4.78 is 5.11. The summed E-state index contributed by atoms with van der Waals surface area (Å²) in [5.41, 5.74) is 12.0. The highest BCUT2D eigenvalue weighted by Crippen LogP contribution is 2.25. The van der Waals surface area contributed by atoms with Gasteiger partial charge >= 0.3 is 0 Å². The van der Waals surface area contributed by atoms with Gasteiger partial charge in [0.1, 0.15) is 17.4 Å². The molecule has 0 bridgehead atoms. The van der Waals surface area contributed by atoms with Crippen LogP contribution in [0.1, 0.15) is 12.8 Å². The zero-order chi connectivity index (χ0) is 14.5. The van der Waals surface area contributed by atoms with Gasteiger partial charge in [-0.15, -0.1) is 0 Å². The molecule has 6 nitrogen and oxygen atoms in total. The van der Waals surface area contributed by atoms with Crippen molar-refractivity contribution >= 4 is 11.7 Å². The molecule has 1 aromatic rings. The molecule has 1 aromatic heterocycles. The molecule has 1 fully saturated rings. The van der Waals surface area contributed by atoms with Crippen molar-refractivity contribution in [3.63, 3.8) is 0 Å². The number of ether oxygens (including phenoxy) is 1. The summed E-state index contributed by atoms with van der Waals surface area (Å²) in [6.45, 7) is 1.80. The number of pyridine rings is 1. The normalized spacial score (nSPS) is 17.1. The highest BCUT2D eigenvalue weighted by molar-refractivity contribution is 5.89. The van der Waals surface area contributed by atoms with E-state index < -0.39 is 0 Å². The lowest BCUT2D eigenvalue weighted by Gasteiger charge is -2.33. The van der Waals surface area contributed by atoms with E-state index in [0.29, 0.717) is 11.6 Å². The van der Waals surface area contributed by atoms with E-state index in [0.717, 1.165) is 37.5 Å². The number of hydrogen-bond acceptors (Lipinski definition) is 5. The van der Waals surface area contributed by atoms with Gasteiger partial charge in [-0.05, 0) is 31.1 Å². The minimum atomic E-state index is 0.0155. The van der Waals surface area contributed by atoms with Crippen LogP contribution in [0.25, 0.3) is 0 Å². The molecule has 2 rings (SSSR count). The van der Waals surface area contributed by atoms with Gasteiger partial charge in [-0.3, -0.25) is 5.41 Å². The highest BCUT2D eigenvalue weighted by atomic mass is 16.5. The van der Waals surface area contributed by atoms with Crippen molar-refractivity contribution in [2.75, 3.05) is 25.1 Å². The largest absolute Gasteiger partial charge is 0.495 e. The Morgan fingerprint density at radius 2 is 2.10 bits per heavy atom. The van der Waals surface area contributed by atoms with Gasteiger partial charge in [-0.2, -0.15) is 0 Å². The summed E-state index contributed by atoms with van der Waals surface area (Å²) in [5.74, 6) is 2.03. The Bertz CT molecular complexity index is 489. The second-order valence-corrected chi connectivity index (χ2v) is 4.92. The van der Waals surface area contributed by atoms with Crippen LogP contribution in [0.4, 0.5) is 5.82 Å². The quantitative estimate of drug-likeness (QED) is 0.564. The van der Waals surface area contributed by atoms with Gasteiger partial charge in [0.05, 0.1) is 13.3 Å². The molecular weight excluding hydrogens is 254 g/mol. The van der Waals surface area contributed by atoms with Gasteiger partial charge in [0.2, 0.25) is 0 Å². The van der Waals surface area contributed by atoms with Gasteiger partial charge < -0.3 is 21.1 Å². The van der Waals surface area contributed by atoms with E-state index in [2.05, 4.69) is 9.88 Å². The number of methoxy groups -OCH3 is 1. The predicted molar refractivity (Wildman–Crippen MR) is 79.9 cm³/mol. The van der Waals surface area contributed by atoms with E-state index in [1.54, 1.807) is 19.4 Å². The molecular formula is C14H21N5O. The van der Waals surface area contributed by atoms with Crippen molar-refractivity contribution in [2.45, 2.75) is 12.8 Å². The first-order valence-corrected chi connectivity index (χ1v) is 6.66. The molecule has 0 unspecified atom stereocenters. The first-order valence-electron chi connectivity index (χ1n) is 6.66. The topological polar surface area (TPSA) is 101 Å². The molecule has 0 aromatic carbocycles. The summed E-state index contributed by atoms with van der Waals surface area (Å²) in [5, 5.41) is 7.25. The number of nitrogens with one attached hydrogen (secondary N) is 1. The third kappa shape index (κ3) is 3.40. The standard InChI is InChI=1S/C14H21N5O/c1-20-11-2-3-14(18-9-11)19-6-4-10(5-7-19)12(15)8-13(16)17/h2-3,8-10H,4-7,15H2,1H3,(H3,16,17). The minimum absolute atomic E-state index is 0.0155. The van der Waals surface area contributed by atoms with Crippen molar-refractivity contribution in [1.82, 2.24) is 4.98 Å². The Morgan fingerprint density at radius 1 is 1.40 bits per heavy atom. The molecule has 2 heterocycles. The fourth-order valence-corrected chi connectivity index (χ4v) is 2.42. The molecule has 6 heteroatoms. The Kier molecular flexibility index (Phi) is 4.45. The first-order chi connectivity index (χ1) is 9.60. The number of allylic oxidation sites excluding steroid dienone is 1. The number of nitrogens with two attached hydrogens (primary N) is 2. The van der Waals surface area contributed by atoms with E-state index in [-0.39, 0.29) is 5.84 Å². The number of amidine groups is 1. The molecule has 0 aliphatic carbocycles. The van der Waals surface area contributed by atoms with E-state index in [4.69, 9.17) is 21.6 Å². The highest BCUT2D eigenvalue weighted by Gasteiger charge is 2.21. The molecule has 1 saturated heterocycles. The summed E-state index contributed by atoms with van der Waals surface area (Å²) in [4.78, 5) is 6.63. The average Bonchev–Trinajstić information content (AvgIpc) is 2.47. The molecule has 1 aliphatic heterocycles. The molecule has 0 saturated carbocycles. The van der Waals surface area contributed by atoms with Crippen LogP contribution in [-0.4, -0.2) is 31.0 Å². The number of aromatic nitrogens is 1. The zero-order valence-electron chi connectivity index (χ0n) is 11.7. The van der Waals surface area contributed by atoms with Crippen LogP contribution in [0.3, 0.4) is 0 Å². The number of rotatable bonds is 4. The Labute approximate surface area is 118 Å². The monoisotopic (exact) mass is 275 g/mol. The van der Waals surface area contributed by atoms with Crippen LogP contribution in [0.2, 0.25) is 0 Å². The lowest BCUT2D eigenvalue weighted by molar-refractivity contribution is 0.412. The Morgan fingerprint density at radius 3 is 2.60 bits per heavy atom. The second-order valence-electron chi connectivity index (χ2n) is 4.92. The van der Waals surface area contributed by atoms with Crippen molar-refractivity contribution in [3.05, 3.63) is 30.1 Å². The third-order valence-corrected chi connectivity index (χ3v) is 3.57. The van der Waals surface area contributed by atoms with E-state index in [1.165, 1.54) is 0 Å². The van der Waals surface area contributed by atoms with Crippen LogP contribution in [-0.2, 0) is 0 Å². The summed E-state index contributed by atoms with van der Waals surface area (Å²) in [6, 6.07) is 3.88. The Balaban J connectivity index is 1.95. The molecule has 0 spiro atoms. The fraction of sp³-hybridized carbons (Fsp3) is 0.429. The van der Waals surface area contributed by atoms with Gasteiger partial charge in [0, 0.05) is 24.7 Å². The van der Waals surface area contributed by atoms with Crippen LogP contribution in [0.5, 0.6) is 5.75 Å². The van der Waals surface area contributed by atoms with Crippen molar-refractivity contribution in [2.24, 2.45) is 17.4 Å². The predicted octanol–water partition coefficient (Wildman–Crippen LogP) is 1.09. The van der Waals surface area contributed by atoms with Crippen LogP contribution in [0, 0.1) is 11.3 Å². The van der Waals surface area contributed by atoms with Crippen LogP contribution >= 0.6 is 0 Å². The smallest absolute Gasteiger partial charge is 0.137 e. The first kappa shape index (κ1) is 14.2. The third-order valence-electron chi connectivity index (χ3n) is 3.57. The van der Waals surface area contributed by atoms with Gasteiger partial charge in [0.25, 0.3) is 0 Å². The minimum Gasteiger partial charge on any atom is -0.495 e. The van der Waals surface area contributed by atoms with E-state index in [1.807, 2.05) is 12.1 Å². The summed E-state index contributed by atoms with van der Waals surface area (Å²) in [6.07, 6.45) is 5.17. The number of anilines is 1. The molecule has 0 amide bonds. The average molecular weight is 275 g/mol. The van der Waals surface area contributed by atoms with Gasteiger partial charge in [0.15, 0.2) is 0 Å². The summed E-state index contributed by atoms with van der Waals surface area (Å²) >= 11 is 0. The lowest BCUT2D eigenvalue weighted by Crippen LogP contribution is -2.36. The fourth-order valence-electron chi connectivity index (χ4n) is 2.42. The number of hydrogen-bond donors (Lipinski definition) is 3. The maximum Gasteiger partial charge on any atom is 0.137 e. The maximum atomic E-state index is 7.25.